The molecule has 0 bridgehead atoms. The van der Waals surface area contributed by atoms with Gasteiger partial charge in [0.2, 0.25) is 0 Å². The van der Waals surface area contributed by atoms with Crippen LogP contribution in [0.4, 0.5) is 11.4 Å². The average Bonchev–Trinajstić information content (AvgIpc) is 2.60. The summed E-state index contributed by atoms with van der Waals surface area (Å²) in [5, 5.41) is 3.29. The van der Waals surface area contributed by atoms with E-state index in [4.69, 9.17) is 11.6 Å². The fourth-order valence-corrected chi connectivity index (χ4v) is 4.49. The van der Waals surface area contributed by atoms with Crippen LogP contribution in [-0.4, -0.2) is 26.7 Å². The Balaban J connectivity index is 1.99. The van der Waals surface area contributed by atoms with Crippen molar-refractivity contribution in [2.24, 2.45) is 10.3 Å². The molecule has 1 aliphatic rings. The lowest BCUT2D eigenvalue weighted by Gasteiger charge is -2.30. The van der Waals surface area contributed by atoms with Crippen molar-refractivity contribution >= 4 is 44.7 Å². The van der Waals surface area contributed by atoms with Gasteiger partial charge < -0.3 is 10.2 Å². The van der Waals surface area contributed by atoms with E-state index in [1.54, 1.807) is 37.3 Å². The molecule has 0 spiro atoms. The first-order valence-corrected chi connectivity index (χ1v) is 10.7. The minimum Gasteiger partial charge on any atom is -0.328 e. The highest BCUT2D eigenvalue weighted by Crippen LogP contribution is 2.33. The van der Waals surface area contributed by atoms with E-state index >= 15 is 0 Å². The summed E-state index contributed by atoms with van der Waals surface area (Å²) in [6, 6.07) is 9.85. The number of nitrogens with zero attached hydrogens (tertiary/aromatic N) is 2. The molecule has 2 aromatic carbocycles. The molecule has 0 radical (unpaired) electrons. The molecule has 0 atom stereocenters. The summed E-state index contributed by atoms with van der Waals surface area (Å²) in [6.45, 7) is 8.25. The van der Waals surface area contributed by atoms with Crippen molar-refractivity contribution in [1.82, 2.24) is 0 Å². The molecule has 1 aliphatic heterocycles. The monoisotopic (exact) mass is 419 g/mol. The number of rotatable bonds is 4. The predicted octanol–water partition coefficient (Wildman–Crippen LogP) is 4.48. The first-order chi connectivity index (χ1) is 13.1. The van der Waals surface area contributed by atoms with Crippen LogP contribution < -0.4 is 10.2 Å². The quantitative estimate of drug-likeness (QED) is 0.792. The van der Waals surface area contributed by atoms with Crippen LogP contribution >= 0.6 is 11.6 Å². The van der Waals surface area contributed by atoms with Gasteiger partial charge in [-0.3, -0.25) is 4.79 Å². The zero-order chi connectivity index (χ0) is 20.6. The molecule has 1 amide bonds. The summed E-state index contributed by atoms with van der Waals surface area (Å²) >= 11 is 6.00. The van der Waals surface area contributed by atoms with Crippen molar-refractivity contribution in [3.8, 4) is 0 Å². The summed E-state index contributed by atoms with van der Waals surface area (Å²) < 4.78 is 29.0. The summed E-state index contributed by atoms with van der Waals surface area (Å²) in [4.78, 5) is 14.6. The lowest BCUT2D eigenvalue weighted by Crippen LogP contribution is -2.36. The molecule has 28 heavy (non-hydrogen) atoms. The van der Waals surface area contributed by atoms with E-state index in [1.807, 2.05) is 25.7 Å². The Morgan fingerprint density at radius 1 is 1.18 bits per heavy atom. The number of anilines is 2. The van der Waals surface area contributed by atoms with Gasteiger partial charge in [0, 0.05) is 22.8 Å². The Labute approximate surface area is 170 Å². The van der Waals surface area contributed by atoms with Gasteiger partial charge in [-0.05, 0) is 55.7 Å². The van der Waals surface area contributed by atoms with Gasteiger partial charge in [-0.25, -0.2) is 0 Å². The van der Waals surface area contributed by atoms with Crippen LogP contribution in [0.15, 0.2) is 45.7 Å². The maximum Gasteiger partial charge on any atom is 0.286 e. The number of nitrogens with one attached hydrogen (secondary N) is 1. The zero-order valence-electron chi connectivity index (χ0n) is 16.2. The van der Waals surface area contributed by atoms with Crippen LogP contribution in [0, 0.1) is 12.8 Å². The van der Waals surface area contributed by atoms with Crippen molar-refractivity contribution in [2.75, 3.05) is 16.8 Å². The molecule has 6 nitrogen and oxygen atoms in total. The van der Waals surface area contributed by atoms with E-state index in [-0.39, 0.29) is 10.5 Å². The molecule has 1 N–H and O–H groups in total. The van der Waals surface area contributed by atoms with Gasteiger partial charge in [0.15, 0.2) is 0 Å². The van der Waals surface area contributed by atoms with Crippen molar-refractivity contribution in [3.63, 3.8) is 0 Å². The number of aryl methyl sites for hydroxylation is 1. The molecule has 1 heterocycles. The van der Waals surface area contributed by atoms with Crippen LogP contribution in [0.2, 0.25) is 5.02 Å². The number of amides is 1. The molecule has 0 aliphatic carbocycles. The molecule has 0 fully saturated rings. The lowest BCUT2D eigenvalue weighted by molar-refractivity contribution is 0.102. The molecular formula is C20H22ClN3O3S. The number of carbonyl (C=O) groups excluding carboxylic acids is 1. The first-order valence-electron chi connectivity index (χ1n) is 8.89. The van der Waals surface area contributed by atoms with E-state index in [0.29, 0.717) is 34.7 Å². The molecule has 0 saturated heterocycles. The fourth-order valence-electron chi connectivity index (χ4n) is 3.05. The van der Waals surface area contributed by atoms with Gasteiger partial charge >= 0.3 is 0 Å². The van der Waals surface area contributed by atoms with Gasteiger partial charge in [-0.15, -0.1) is 4.40 Å². The summed E-state index contributed by atoms with van der Waals surface area (Å²) in [7, 11) is -3.86. The number of amidine groups is 1. The number of halogens is 1. The topological polar surface area (TPSA) is 78.8 Å². The SMILES string of the molecule is CC1=NS(=O)(=O)c2cc(C(=O)Nc3cc(Cl)ccc3C)ccc2N1CC(C)C. The molecule has 0 aromatic heterocycles. The third-order valence-electron chi connectivity index (χ3n) is 4.43. The lowest BCUT2D eigenvalue weighted by atomic mass is 10.1. The highest BCUT2D eigenvalue weighted by atomic mass is 35.5. The largest absolute Gasteiger partial charge is 0.328 e. The zero-order valence-corrected chi connectivity index (χ0v) is 17.7. The molecule has 0 unspecified atom stereocenters. The van der Waals surface area contributed by atoms with Crippen LogP contribution in [0.1, 0.15) is 36.7 Å². The second kappa shape index (κ2) is 7.56. The van der Waals surface area contributed by atoms with Crippen LogP contribution in [0.3, 0.4) is 0 Å². The number of fused-ring (bicyclic) bond motifs is 1. The molecular weight excluding hydrogens is 398 g/mol. The molecule has 3 rings (SSSR count). The molecule has 8 heteroatoms. The van der Waals surface area contributed by atoms with Crippen molar-refractivity contribution in [1.29, 1.82) is 0 Å². The number of hydrogen-bond donors (Lipinski definition) is 1. The maximum absolute atomic E-state index is 12.7. The van der Waals surface area contributed by atoms with E-state index in [1.165, 1.54) is 6.07 Å². The van der Waals surface area contributed by atoms with Crippen molar-refractivity contribution < 1.29 is 13.2 Å². The standard InChI is InChI=1S/C20H22ClN3O3S/c1-12(2)11-24-14(4)23-28(26,27)19-9-15(6-8-18(19)24)20(25)22-17-10-16(21)7-5-13(17)3/h5-10,12H,11H2,1-4H3,(H,22,25). The number of benzene rings is 2. The first kappa shape index (κ1) is 20.4. The van der Waals surface area contributed by atoms with Crippen LogP contribution in [0.5, 0.6) is 0 Å². The third kappa shape index (κ3) is 4.05. The van der Waals surface area contributed by atoms with Gasteiger partial charge in [-0.1, -0.05) is 31.5 Å². The van der Waals surface area contributed by atoms with Crippen molar-refractivity contribution in [3.05, 3.63) is 52.5 Å². The number of carbonyl (C=O) groups is 1. The number of sulfonamides is 1. The summed E-state index contributed by atoms with van der Waals surface area (Å²) in [5.41, 5.74) is 2.21. The van der Waals surface area contributed by atoms with Gasteiger partial charge in [0.25, 0.3) is 15.9 Å². The molecule has 2 aromatic rings. The summed E-state index contributed by atoms with van der Waals surface area (Å²) in [6.07, 6.45) is 0. The smallest absolute Gasteiger partial charge is 0.286 e. The predicted molar refractivity (Wildman–Crippen MR) is 113 cm³/mol. The summed E-state index contributed by atoms with van der Waals surface area (Å²) in [5.74, 6) is 0.325. The Hall–Kier alpha value is -2.38. The molecule has 148 valence electrons. The van der Waals surface area contributed by atoms with Gasteiger partial charge in [-0.2, -0.15) is 8.42 Å². The van der Waals surface area contributed by atoms with E-state index in [2.05, 4.69) is 9.71 Å². The highest BCUT2D eigenvalue weighted by molar-refractivity contribution is 7.90. The Morgan fingerprint density at radius 2 is 1.89 bits per heavy atom. The Morgan fingerprint density at radius 3 is 2.57 bits per heavy atom. The second-order valence-corrected chi connectivity index (χ2v) is 9.22. The number of hydrogen-bond acceptors (Lipinski definition) is 4. The highest BCUT2D eigenvalue weighted by Gasteiger charge is 2.30. The van der Waals surface area contributed by atoms with E-state index in [0.717, 1.165) is 5.56 Å². The Kier molecular flexibility index (Phi) is 5.50. The maximum atomic E-state index is 12.7. The van der Waals surface area contributed by atoms with Crippen LogP contribution in [-0.2, 0) is 10.0 Å². The minimum absolute atomic E-state index is 0.0363. The van der Waals surface area contributed by atoms with E-state index in [9.17, 15) is 13.2 Å². The minimum atomic E-state index is -3.86. The van der Waals surface area contributed by atoms with Gasteiger partial charge in [0.1, 0.15) is 10.7 Å². The normalized spacial score (nSPS) is 15.2. The van der Waals surface area contributed by atoms with E-state index < -0.39 is 15.9 Å². The van der Waals surface area contributed by atoms with Crippen LogP contribution in [0.25, 0.3) is 0 Å². The fraction of sp³-hybridized carbons (Fsp3) is 0.300. The average molecular weight is 420 g/mol. The van der Waals surface area contributed by atoms with Crippen molar-refractivity contribution in [2.45, 2.75) is 32.6 Å². The third-order valence-corrected chi connectivity index (χ3v) is 6.05. The Bertz CT molecular complexity index is 1080. The molecule has 0 saturated carbocycles. The second-order valence-electron chi connectivity index (χ2n) is 7.21. The van der Waals surface area contributed by atoms with Gasteiger partial charge in [0.05, 0.1) is 5.69 Å².